The molecule has 1 atom stereocenters. The summed E-state index contributed by atoms with van der Waals surface area (Å²) in [6.07, 6.45) is 0.937. The van der Waals surface area contributed by atoms with E-state index in [0.717, 1.165) is 6.42 Å². The van der Waals surface area contributed by atoms with Gasteiger partial charge in [-0.15, -0.1) is 0 Å². The summed E-state index contributed by atoms with van der Waals surface area (Å²) in [5.74, 6) is -0.174. The Morgan fingerprint density at radius 3 is 2.82 bits per heavy atom. The molecular formula is C13H19NO3. The van der Waals surface area contributed by atoms with Gasteiger partial charge in [-0.05, 0) is 30.7 Å². The van der Waals surface area contributed by atoms with Crippen LogP contribution in [0.4, 0.5) is 0 Å². The lowest BCUT2D eigenvalue weighted by Crippen LogP contribution is -2.41. The van der Waals surface area contributed by atoms with Gasteiger partial charge in [0.2, 0.25) is 0 Å². The normalized spacial score (nSPS) is 12.1. The number of ether oxygens (including phenoxy) is 1. The summed E-state index contributed by atoms with van der Waals surface area (Å²) >= 11 is 0. The van der Waals surface area contributed by atoms with Gasteiger partial charge in [0, 0.05) is 0 Å². The van der Waals surface area contributed by atoms with Crippen LogP contribution in [0.2, 0.25) is 0 Å². The molecule has 2 N–H and O–H groups in total. The molecule has 0 saturated heterocycles. The fourth-order valence-electron chi connectivity index (χ4n) is 1.50. The van der Waals surface area contributed by atoms with Crippen LogP contribution in [-0.4, -0.2) is 30.3 Å². The lowest BCUT2D eigenvalue weighted by atomic mass is 10.2. The Morgan fingerprint density at radius 2 is 2.24 bits per heavy atom. The zero-order valence-electron chi connectivity index (χ0n) is 10.3. The molecular weight excluding hydrogens is 218 g/mol. The van der Waals surface area contributed by atoms with E-state index in [4.69, 9.17) is 9.84 Å². The van der Waals surface area contributed by atoms with Crippen LogP contribution in [0.25, 0.3) is 0 Å². The van der Waals surface area contributed by atoms with Gasteiger partial charge in [-0.25, -0.2) is 0 Å². The maximum atomic E-state index is 10.9. The molecule has 0 heterocycles. The summed E-state index contributed by atoms with van der Waals surface area (Å²) in [5.41, 5.74) is 1.18. The van der Waals surface area contributed by atoms with Gasteiger partial charge in [0.25, 0.3) is 0 Å². The number of aryl methyl sites for hydroxylation is 1. The van der Waals surface area contributed by atoms with Gasteiger partial charge in [0.05, 0.1) is 0 Å². The highest BCUT2D eigenvalue weighted by atomic mass is 16.5. The zero-order chi connectivity index (χ0) is 12.7. The van der Waals surface area contributed by atoms with E-state index in [1.165, 1.54) is 5.56 Å². The number of rotatable bonds is 7. The molecule has 4 heteroatoms. The summed E-state index contributed by atoms with van der Waals surface area (Å²) in [6, 6.07) is 7.04. The highest BCUT2D eigenvalue weighted by molar-refractivity contribution is 5.73. The summed E-state index contributed by atoms with van der Waals surface area (Å²) < 4.78 is 5.48. The standard InChI is InChI=1S/C13H19NO3/c1-3-10-6-5-7-11(8-10)17-9-12(13(15)16)14-4-2/h5-8,12,14H,3-4,9H2,1-2H3,(H,15,16). The van der Waals surface area contributed by atoms with Gasteiger partial charge in [-0.3, -0.25) is 4.79 Å². The highest BCUT2D eigenvalue weighted by Gasteiger charge is 2.16. The molecule has 0 amide bonds. The van der Waals surface area contributed by atoms with Crippen LogP contribution in [0, 0.1) is 0 Å². The van der Waals surface area contributed by atoms with E-state index in [2.05, 4.69) is 12.2 Å². The quantitative estimate of drug-likeness (QED) is 0.757. The van der Waals surface area contributed by atoms with Crippen molar-refractivity contribution in [3.8, 4) is 5.75 Å². The molecule has 1 aromatic rings. The minimum absolute atomic E-state index is 0.135. The Kier molecular flexibility index (Phi) is 5.49. The van der Waals surface area contributed by atoms with E-state index in [9.17, 15) is 4.79 Å². The molecule has 0 fully saturated rings. The summed E-state index contributed by atoms with van der Waals surface area (Å²) in [7, 11) is 0. The predicted octanol–water partition coefficient (Wildman–Crippen LogP) is 1.69. The third-order valence-corrected chi connectivity index (χ3v) is 2.47. The Hall–Kier alpha value is -1.55. The molecule has 1 rings (SSSR count). The number of nitrogens with one attached hydrogen (secondary N) is 1. The monoisotopic (exact) mass is 237 g/mol. The molecule has 0 radical (unpaired) electrons. The fraction of sp³-hybridized carbons (Fsp3) is 0.462. The van der Waals surface area contributed by atoms with E-state index in [1.54, 1.807) is 0 Å². The minimum Gasteiger partial charge on any atom is -0.491 e. The van der Waals surface area contributed by atoms with Crippen molar-refractivity contribution in [2.75, 3.05) is 13.2 Å². The molecule has 0 aliphatic rings. The maximum absolute atomic E-state index is 10.9. The van der Waals surface area contributed by atoms with Crippen LogP contribution in [0.3, 0.4) is 0 Å². The van der Waals surface area contributed by atoms with Gasteiger partial charge in [0.1, 0.15) is 18.4 Å². The van der Waals surface area contributed by atoms with Gasteiger partial charge >= 0.3 is 5.97 Å². The van der Waals surface area contributed by atoms with Crippen LogP contribution in [0.15, 0.2) is 24.3 Å². The first-order valence-electron chi connectivity index (χ1n) is 5.85. The Balaban J connectivity index is 2.55. The van der Waals surface area contributed by atoms with Gasteiger partial charge in [-0.1, -0.05) is 26.0 Å². The average molecular weight is 237 g/mol. The first-order chi connectivity index (χ1) is 8.17. The second-order valence-electron chi connectivity index (χ2n) is 3.76. The SMILES string of the molecule is CCNC(COc1cccc(CC)c1)C(=O)O. The number of hydrogen-bond acceptors (Lipinski definition) is 3. The molecule has 0 saturated carbocycles. The molecule has 0 aromatic heterocycles. The Labute approximate surface area is 102 Å². The molecule has 0 bridgehead atoms. The predicted molar refractivity (Wildman–Crippen MR) is 66.4 cm³/mol. The van der Waals surface area contributed by atoms with Crippen LogP contribution < -0.4 is 10.1 Å². The van der Waals surface area contributed by atoms with Gasteiger partial charge < -0.3 is 15.2 Å². The molecule has 1 aromatic carbocycles. The Morgan fingerprint density at radius 1 is 1.47 bits per heavy atom. The molecule has 4 nitrogen and oxygen atoms in total. The molecule has 1 unspecified atom stereocenters. The van der Waals surface area contributed by atoms with E-state index < -0.39 is 12.0 Å². The fourth-order valence-corrected chi connectivity index (χ4v) is 1.50. The third-order valence-electron chi connectivity index (χ3n) is 2.47. The zero-order valence-corrected chi connectivity index (χ0v) is 10.3. The van der Waals surface area contributed by atoms with Crippen molar-refractivity contribution in [2.24, 2.45) is 0 Å². The van der Waals surface area contributed by atoms with Crippen LogP contribution in [-0.2, 0) is 11.2 Å². The van der Waals surface area contributed by atoms with E-state index in [-0.39, 0.29) is 6.61 Å². The number of benzene rings is 1. The molecule has 94 valence electrons. The summed E-state index contributed by atoms with van der Waals surface area (Å²) in [4.78, 5) is 10.9. The van der Waals surface area contributed by atoms with Gasteiger partial charge in [-0.2, -0.15) is 0 Å². The van der Waals surface area contributed by atoms with Crippen LogP contribution >= 0.6 is 0 Å². The first-order valence-corrected chi connectivity index (χ1v) is 5.85. The lowest BCUT2D eigenvalue weighted by molar-refractivity contribution is -0.140. The summed E-state index contributed by atoms with van der Waals surface area (Å²) in [5, 5.41) is 11.8. The molecule has 0 aliphatic heterocycles. The first kappa shape index (κ1) is 13.5. The number of carbonyl (C=O) groups is 1. The van der Waals surface area contributed by atoms with E-state index in [0.29, 0.717) is 12.3 Å². The third kappa shape index (κ3) is 4.44. The number of likely N-dealkylation sites (N-methyl/N-ethyl adjacent to an activating group) is 1. The van der Waals surface area contributed by atoms with Crippen molar-refractivity contribution < 1.29 is 14.6 Å². The summed E-state index contributed by atoms with van der Waals surface area (Å²) in [6.45, 7) is 4.68. The second kappa shape index (κ2) is 6.91. The smallest absolute Gasteiger partial charge is 0.324 e. The number of hydrogen-bond donors (Lipinski definition) is 2. The van der Waals surface area contributed by atoms with Crippen molar-refractivity contribution >= 4 is 5.97 Å². The second-order valence-corrected chi connectivity index (χ2v) is 3.76. The lowest BCUT2D eigenvalue weighted by Gasteiger charge is -2.14. The van der Waals surface area contributed by atoms with E-state index in [1.807, 2.05) is 31.2 Å². The minimum atomic E-state index is -0.890. The van der Waals surface area contributed by atoms with Crippen molar-refractivity contribution in [3.05, 3.63) is 29.8 Å². The van der Waals surface area contributed by atoms with Crippen molar-refractivity contribution in [1.29, 1.82) is 0 Å². The Bertz CT molecular complexity index is 365. The topological polar surface area (TPSA) is 58.6 Å². The maximum Gasteiger partial charge on any atom is 0.324 e. The van der Waals surface area contributed by atoms with Crippen LogP contribution in [0.1, 0.15) is 19.4 Å². The van der Waals surface area contributed by atoms with Crippen molar-refractivity contribution in [2.45, 2.75) is 26.3 Å². The number of aliphatic carboxylic acids is 1. The average Bonchev–Trinajstić information content (AvgIpc) is 2.34. The number of carboxylic acid groups (broad SMARTS) is 1. The molecule has 0 spiro atoms. The number of carboxylic acids is 1. The van der Waals surface area contributed by atoms with Crippen LogP contribution in [0.5, 0.6) is 5.75 Å². The van der Waals surface area contributed by atoms with Crippen molar-refractivity contribution in [1.82, 2.24) is 5.32 Å². The van der Waals surface area contributed by atoms with Crippen molar-refractivity contribution in [3.63, 3.8) is 0 Å². The highest BCUT2D eigenvalue weighted by Crippen LogP contribution is 2.13. The molecule has 0 aliphatic carbocycles. The van der Waals surface area contributed by atoms with Gasteiger partial charge in [0.15, 0.2) is 0 Å². The van der Waals surface area contributed by atoms with E-state index >= 15 is 0 Å². The largest absolute Gasteiger partial charge is 0.491 e. The molecule has 17 heavy (non-hydrogen) atoms.